The van der Waals surface area contributed by atoms with Crippen molar-refractivity contribution in [1.29, 1.82) is 0 Å². The van der Waals surface area contributed by atoms with Crippen molar-refractivity contribution in [2.45, 2.75) is 90.2 Å². The van der Waals surface area contributed by atoms with Crippen LogP contribution in [0.5, 0.6) is 0 Å². The van der Waals surface area contributed by atoms with Crippen molar-refractivity contribution in [2.24, 2.45) is 5.92 Å². The second-order valence-electron chi connectivity index (χ2n) is 9.76. The van der Waals surface area contributed by atoms with Gasteiger partial charge in [-0.1, -0.05) is 33.1 Å². The van der Waals surface area contributed by atoms with E-state index in [1.165, 1.54) is 31.9 Å². The van der Waals surface area contributed by atoms with E-state index in [0.29, 0.717) is 34.4 Å². The first-order valence-electron chi connectivity index (χ1n) is 12.7. The summed E-state index contributed by atoms with van der Waals surface area (Å²) in [6.45, 7) is 11.4. The van der Waals surface area contributed by atoms with E-state index in [1.54, 1.807) is 32.9 Å². The molecule has 9 nitrogen and oxygen atoms in total. The van der Waals surface area contributed by atoms with Crippen LogP contribution in [0, 0.1) is 5.92 Å². The molecule has 0 saturated heterocycles. The summed E-state index contributed by atoms with van der Waals surface area (Å²) in [5.74, 6) is -0.504. The molecule has 0 bridgehead atoms. The third-order valence-corrected chi connectivity index (χ3v) is 6.43. The topological polar surface area (TPSA) is 120 Å². The number of methoxy groups -OCH3 is 1. The lowest BCUT2D eigenvalue weighted by Crippen LogP contribution is -2.44. The molecule has 0 saturated carbocycles. The molecule has 0 spiro atoms. The van der Waals surface area contributed by atoms with Crippen molar-refractivity contribution in [3.8, 4) is 0 Å². The Balaban J connectivity index is 2.80. The van der Waals surface area contributed by atoms with E-state index in [0.717, 1.165) is 25.7 Å². The van der Waals surface area contributed by atoms with Gasteiger partial charge in [0, 0.05) is 10.6 Å². The van der Waals surface area contributed by atoms with Gasteiger partial charge in [0.15, 0.2) is 0 Å². The number of ether oxygens (including phenoxy) is 3. The molecule has 10 heteroatoms. The van der Waals surface area contributed by atoms with Crippen molar-refractivity contribution in [1.82, 2.24) is 5.32 Å². The molecule has 0 aliphatic carbocycles. The first-order chi connectivity index (χ1) is 17.4. The fourth-order valence-electron chi connectivity index (χ4n) is 3.21. The lowest BCUT2D eigenvalue weighted by Gasteiger charge is -2.22. The molecule has 2 atom stereocenters. The summed E-state index contributed by atoms with van der Waals surface area (Å²) in [6.07, 6.45) is 3.71. The number of carbonyl (C=O) groups is 4. The summed E-state index contributed by atoms with van der Waals surface area (Å²) >= 11 is 1.31. The first kappa shape index (κ1) is 32.3. The molecule has 2 unspecified atom stereocenters. The number of carbonyl (C=O) groups excluding carboxylic acids is 4. The molecule has 37 heavy (non-hydrogen) atoms. The number of unbranched alkanes of at least 4 members (excludes halogenated alkanes) is 1. The maximum absolute atomic E-state index is 12.7. The molecule has 1 aromatic rings. The van der Waals surface area contributed by atoms with E-state index in [-0.39, 0.29) is 12.4 Å². The minimum Gasteiger partial charge on any atom is -0.465 e. The van der Waals surface area contributed by atoms with Crippen LogP contribution in [-0.4, -0.2) is 55.1 Å². The van der Waals surface area contributed by atoms with Crippen molar-refractivity contribution < 1.29 is 33.4 Å². The zero-order chi connectivity index (χ0) is 28.0. The molecule has 0 aliphatic heterocycles. The molecule has 2 N–H and O–H groups in total. The largest absolute Gasteiger partial charge is 0.465 e. The Morgan fingerprint density at radius 1 is 1.11 bits per heavy atom. The van der Waals surface area contributed by atoms with Gasteiger partial charge in [-0.25, -0.2) is 9.59 Å². The highest BCUT2D eigenvalue weighted by atomic mass is 32.2. The summed E-state index contributed by atoms with van der Waals surface area (Å²) in [5.41, 5.74) is 0.0636. The second kappa shape index (κ2) is 16.2. The number of esters is 2. The van der Waals surface area contributed by atoms with Gasteiger partial charge < -0.3 is 24.8 Å². The fraction of sp³-hybridized carbons (Fsp3) is 0.630. The molecule has 1 aromatic carbocycles. The molecule has 1 rings (SSSR count). The summed E-state index contributed by atoms with van der Waals surface area (Å²) in [5, 5.41) is 5.27. The summed E-state index contributed by atoms with van der Waals surface area (Å²) in [7, 11) is 1.29. The van der Waals surface area contributed by atoms with Crippen LogP contribution in [0.1, 0.15) is 84.0 Å². The van der Waals surface area contributed by atoms with Crippen LogP contribution in [0.2, 0.25) is 0 Å². The highest BCUT2D eigenvalue weighted by Crippen LogP contribution is 2.30. The van der Waals surface area contributed by atoms with Gasteiger partial charge in [-0.15, -0.1) is 11.8 Å². The number of amides is 2. The molecular weight excluding hydrogens is 496 g/mol. The standard InChI is InChI=1S/C27H42N2O7S/c1-8-10-11-19(9-2)17-35-23(30)14-15-37-22-16-20(25(32)34-7)12-13-21(22)29-24(31)18(3)28-26(33)36-27(4,5)6/h12-13,16,18-19H,8-11,14-15,17H2,1-7H3,(H,28,33)(H,29,31). The number of anilines is 1. The van der Waals surface area contributed by atoms with Gasteiger partial charge in [0.2, 0.25) is 5.91 Å². The van der Waals surface area contributed by atoms with Gasteiger partial charge >= 0.3 is 18.0 Å². The molecule has 0 radical (unpaired) electrons. The van der Waals surface area contributed by atoms with Crippen LogP contribution >= 0.6 is 11.8 Å². The van der Waals surface area contributed by atoms with Crippen LogP contribution in [0.15, 0.2) is 23.1 Å². The summed E-state index contributed by atoms with van der Waals surface area (Å²) < 4.78 is 15.5. The van der Waals surface area contributed by atoms with Gasteiger partial charge in [0.25, 0.3) is 0 Å². The number of hydrogen-bond donors (Lipinski definition) is 2. The zero-order valence-corrected chi connectivity index (χ0v) is 23.9. The number of hydrogen-bond acceptors (Lipinski definition) is 8. The Labute approximate surface area is 224 Å². The number of rotatable bonds is 14. The molecule has 2 amide bonds. The molecule has 0 aliphatic rings. The Kier molecular flexibility index (Phi) is 14.1. The SMILES string of the molecule is CCCCC(CC)COC(=O)CCSc1cc(C(=O)OC)ccc1NC(=O)C(C)NC(=O)OC(C)(C)C. The Hall–Kier alpha value is -2.75. The van der Waals surface area contributed by atoms with Gasteiger partial charge in [-0.2, -0.15) is 0 Å². The van der Waals surface area contributed by atoms with Crippen LogP contribution in [0.4, 0.5) is 10.5 Å². The molecule has 0 aromatic heterocycles. The van der Waals surface area contributed by atoms with Crippen molar-refractivity contribution in [2.75, 3.05) is 24.8 Å². The Morgan fingerprint density at radius 3 is 2.41 bits per heavy atom. The smallest absolute Gasteiger partial charge is 0.408 e. The van der Waals surface area contributed by atoms with Gasteiger partial charge in [-0.05, 0) is 58.2 Å². The highest BCUT2D eigenvalue weighted by Gasteiger charge is 2.22. The van der Waals surface area contributed by atoms with Crippen LogP contribution in [-0.2, 0) is 23.8 Å². The average molecular weight is 539 g/mol. The molecule has 208 valence electrons. The second-order valence-corrected chi connectivity index (χ2v) is 10.9. The molecule has 0 heterocycles. The van der Waals surface area contributed by atoms with Gasteiger partial charge in [0.1, 0.15) is 11.6 Å². The molecular formula is C27H42N2O7S. The third-order valence-electron chi connectivity index (χ3n) is 5.37. The third kappa shape index (κ3) is 12.9. The van der Waals surface area contributed by atoms with E-state index in [4.69, 9.17) is 14.2 Å². The lowest BCUT2D eigenvalue weighted by molar-refractivity contribution is -0.144. The lowest BCUT2D eigenvalue weighted by atomic mass is 10.0. The average Bonchev–Trinajstić information content (AvgIpc) is 2.83. The minimum absolute atomic E-state index is 0.182. The quantitative estimate of drug-likeness (QED) is 0.179. The normalized spacial score (nSPS) is 12.7. The van der Waals surface area contributed by atoms with Gasteiger partial charge in [-0.3, -0.25) is 9.59 Å². The van der Waals surface area contributed by atoms with Crippen molar-refractivity contribution in [3.63, 3.8) is 0 Å². The zero-order valence-electron chi connectivity index (χ0n) is 23.1. The van der Waals surface area contributed by atoms with E-state index in [9.17, 15) is 19.2 Å². The first-order valence-corrected chi connectivity index (χ1v) is 13.7. The van der Waals surface area contributed by atoms with E-state index >= 15 is 0 Å². The van der Waals surface area contributed by atoms with E-state index < -0.39 is 29.6 Å². The van der Waals surface area contributed by atoms with Gasteiger partial charge in [0.05, 0.1) is 31.4 Å². The fourth-order valence-corrected chi connectivity index (χ4v) is 4.18. The number of nitrogens with one attached hydrogen (secondary N) is 2. The summed E-state index contributed by atoms with van der Waals surface area (Å²) in [6, 6.07) is 3.85. The Morgan fingerprint density at radius 2 is 1.81 bits per heavy atom. The number of benzene rings is 1. The van der Waals surface area contributed by atoms with E-state index in [2.05, 4.69) is 24.5 Å². The van der Waals surface area contributed by atoms with Crippen molar-refractivity contribution >= 4 is 41.4 Å². The number of thioether (sulfide) groups is 1. The predicted molar refractivity (Wildman–Crippen MR) is 145 cm³/mol. The molecule has 0 fully saturated rings. The summed E-state index contributed by atoms with van der Waals surface area (Å²) in [4.78, 5) is 49.6. The van der Waals surface area contributed by atoms with Crippen LogP contribution in [0.25, 0.3) is 0 Å². The number of alkyl carbamates (subject to hydrolysis) is 1. The maximum atomic E-state index is 12.7. The minimum atomic E-state index is -0.873. The van der Waals surface area contributed by atoms with Crippen LogP contribution in [0.3, 0.4) is 0 Å². The predicted octanol–water partition coefficient (Wildman–Crippen LogP) is 5.57. The van der Waals surface area contributed by atoms with Crippen molar-refractivity contribution in [3.05, 3.63) is 23.8 Å². The monoisotopic (exact) mass is 538 g/mol. The Bertz CT molecular complexity index is 915. The maximum Gasteiger partial charge on any atom is 0.408 e. The van der Waals surface area contributed by atoms with E-state index in [1.807, 2.05) is 0 Å². The highest BCUT2D eigenvalue weighted by molar-refractivity contribution is 7.99. The van der Waals surface area contributed by atoms with Crippen LogP contribution < -0.4 is 10.6 Å².